The van der Waals surface area contributed by atoms with E-state index in [4.69, 9.17) is 9.84 Å². The van der Waals surface area contributed by atoms with E-state index >= 15 is 0 Å². The summed E-state index contributed by atoms with van der Waals surface area (Å²) in [7, 11) is 0. The number of amides is 3. The van der Waals surface area contributed by atoms with Crippen LogP contribution in [-0.4, -0.2) is 75.8 Å². The van der Waals surface area contributed by atoms with Crippen LogP contribution in [0.3, 0.4) is 0 Å². The van der Waals surface area contributed by atoms with Gasteiger partial charge in [-0.3, -0.25) is 19.4 Å². The van der Waals surface area contributed by atoms with Crippen LogP contribution in [0.25, 0.3) is 0 Å². The van der Waals surface area contributed by atoms with Gasteiger partial charge >= 0.3 is 6.03 Å². The number of piperidine rings is 1. The van der Waals surface area contributed by atoms with Crippen LogP contribution < -0.4 is 9.64 Å². The Morgan fingerprint density at radius 2 is 1.75 bits per heavy atom. The van der Waals surface area contributed by atoms with Crippen LogP contribution in [0.1, 0.15) is 72.6 Å². The van der Waals surface area contributed by atoms with E-state index in [0.29, 0.717) is 32.2 Å². The first-order chi connectivity index (χ1) is 19.5. The van der Waals surface area contributed by atoms with Gasteiger partial charge in [0, 0.05) is 49.9 Å². The first kappa shape index (κ1) is 25.1. The van der Waals surface area contributed by atoms with Gasteiger partial charge in [0.25, 0.3) is 5.91 Å². The van der Waals surface area contributed by atoms with Gasteiger partial charge in [0.05, 0.1) is 35.7 Å². The number of ether oxygens (including phenoxy) is 1. The van der Waals surface area contributed by atoms with E-state index in [-0.39, 0.29) is 23.4 Å². The molecule has 4 aliphatic rings. The molecule has 1 unspecified atom stereocenters. The van der Waals surface area contributed by atoms with Crippen molar-refractivity contribution in [2.45, 2.75) is 56.4 Å². The first-order valence-corrected chi connectivity index (χ1v) is 14.6. The molecule has 1 aliphatic carbocycles. The lowest BCUT2D eigenvalue weighted by atomic mass is 9.97. The number of carbonyl (C=O) groups is 2. The maximum Gasteiger partial charge on any atom is 0.324 e. The SMILES string of the molecule is CC1(c2c(C(=O)N3CCC(c4cccnc4)C3)cnn2C2CCN(C(=O)N3CCOc4ccccc43)CC2)CC1. The second-order valence-electron chi connectivity index (χ2n) is 11.9. The number of urea groups is 1. The highest BCUT2D eigenvalue weighted by Gasteiger charge is 2.47. The molecule has 0 bridgehead atoms. The number of hydrogen-bond donors (Lipinski definition) is 0. The third-order valence-corrected chi connectivity index (χ3v) is 9.27. The van der Waals surface area contributed by atoms with E-state index in [9.17, 15) is 9.59 Å². The summed E-state index contributed by atoms with van der Waals surface area (Å²) in [5.74, 6) is 1.19. The summed E-state index contributed by atoms with van der Waals surface area (Å²) < 4.78 is 7.89. The molecular formula is C31H36N6O3. The molecule has 2 aromatic heterocycles. The lowest BCUT2D eigenvalue weighted by molar-refractivity contribution is 0.0788. The first-order valence-electron chi connectivity index (χ1n) is 14.6. The lowest BCUT2D eigenvalue weighted by Crippen LogP contribution is -2.49. The van der Waals surface area contributed by atoms with E-state index in [1.54, 1.807) is 12.4 Å². The molecule has 1 atom stereocenters. The summed E-state index contributed by atoms with van der Waals surface area (Å²) in [6, 6.07) is 12.0. The molecule has 0 spiro atoms. The Labute approximate surface area is 234 Å². The number of hydrogen-bond acceptors (Lipinski definition) is 5. The lowest BCUT2D eigenvalue weighted by Gasteiger charge is -2.38. The molecule has 9 heteroatoms. The fourth-order valence-corrected chi connectivity index (χ4v) is 6.67. The Morgan fingerprint density at radius 3 is 2.52 bits per heavy atom. The maximum absolute atomic E-state index is 13.8. The average molecular weight is 541 g/mol. The number of anilines is 1. The largest absolute Gasteiger partial charge is 0.490 e. The number of para-hydroxylation sites is 2. The molecule has 0 N–H and O–H groups in total. The van der Waals surface area contributed by atoms with Gasteiger partial charge in [0.1, 0.15) is 12.4 Å². The molecule has 3 fully saturated rings. The van der Waals surface area contributed by atoms with Crippen LogP contribution in [0.2, 0.25) is 0 Å². The summed E-state index contributed by atoms with van der Waals surface area (Å²) in [5.41, 5.74) is 3.89. The van der Waals surface area contributed by atoms with Gasteiger partial charge in [-0.05, 0) is 55.9 Å². The molecule has 0 radical (unpaired) electrons. The van der Waals surface area contributed by atoms with Crippen molar-refractivity contribution in [2.75, 3.05) is 44.2 Å². The van der Waals surface area contributed by atoms with Crippen molar-refractivity contribution < 1.29 is 14.3 Å². The predicted octanol–water partition coefficient (Wildman–Crippen LogP) is 4.62. The van der Waals surface area contributed by atoms with Crippen LogP contribution >= 0.6 is 0 Å². The monoisotopic (exact) mass is 540 g/mol. The second-order valence-corrected chi connectivity index (χ2v) is 11.9. The second kappa shape index (κ2) is 9.94. The zero-order chi connectivity index (χ0) is 27.3. The summed E-state index contributed by atoms with van der Waals surface area (Å²) in [5, 5.41) is 4.83. The Bertz CT molecular complexity index is 1410. The molecule has 3 aromatic rings. The van der Waals surface area contributed by atoms with Gasteiger partial charge in [-0.2, -0.15) is 5.10 Å². The van der Waals surface area contributed by atoms with E-state index in [2.05, 4.69) is 22.7 Å². The highest BCUT2D eigenvalue weighted by atomic mass is 16.5. The summed E-state index contributed by atoms with van der Waals surface area (Å²) >= 11 is 0. The molecule has 3 aliphatic heterocycles. The van der Waals surface area contributed by atoms with Crippen molar-refractivity contribution in [3.05, 3.63) is 71.8 Å². The Balaban J connectivity index is 1.06. The Kier molecular flexibility index (Phi) is 6.24. The molecule has 1 aromatic carbocycles. The number of benzene rings is 1. The smallest absolute Gasteiger partial charge is 0.324 e. The standard InChI is InChI=1S/C31H36N6O3/c1-31(11-12-31)28-25(29(38)35-14-8-23(21-35)22-5-4-13-32-19-22)20-33-37(28)24-9-15-34(16-10-24)30(39)36-17-18-40-27-7-3-2-6-26(27)36/h2-7,13,19-20,23-24H,8-12,14-18,21H2,1H3. The molecule has 5 heterocycles. The number of fused-ring (bicyclic) bond motifs is 1. The predicted molar refractivity (Wildman–Crippen MR) is 151 cm³/mol. The van der Waals surface area contributed by atoms with Crippen LogP contribution in [0.5, 0.6) is 5.75 Å². The number of nitrogens with zero attached hydrogens (tertiary/aromatic N) is 6. The minimum absolute atomic E-state index is 0.00552. The Hall–Kier alpha value is -3.88. The third-order valence-electron chi connectivity index (χ3n) is 9.27. The molecule has 1 saturated carbocycles. The topological polar surface area (TPSA) is 83.8 Å². The molecule has 7 rings (SSSR count). The van der Waals surface area contributed by atoms with Crippen molar-refractivity contribution in [3.63, 3.8) is 0 Å². The van der Waals surface area contributed by atoms with Crippen molar-refractivity contribution in [3.8, 4) is 5.75 Å². The summed E-state index contributed by atoms with van der Waals surface area (Å²) in [6.07, 6.45) is 10.3. The van der Waals surface area contributed by atoms with Crippen LogP contribution in [0.4, 0.5) is 10.5 Å². The van der Waals surface area contributed by atoms with Gasteiger partial charge in [0.2, 0.25) is 0 Å². The highest BCUT2D eigenvalue weighted by Crippen LogP contribution is 2.50. The normalized spacial score (nSPS) is 22.1. The fourth-order valence-electron chi connectivity index (χ4n) is 6.67. The van der Waals surface area contributed by atoms with Crippen LogP contribution in [-0.2, 0) is 5.41 Å². The maximum atomic E-state index is 13.8. The number of carbonyl (C=O) groups excluding carboxylic acids is 2. The van der Waals surface area contributed by atoms with Gasteiger partial charge in [-0.1, -0.05) is 25.1 Å². The minimum atomic E-state index is -0.00552. The molecule has 9 nitrogen and oxygen atoms in total. The summed E-state index contributed by atoms with van der Waals surface area (Å²) in [4.78, 5) is 37.4. The number of rotatable bonds is 4. The molecule has 40 heavy (non-hydrogen) atoms. The van der Waals surface area contributed by atoms with Gasteiger partial charge < -0.3 is 14.5 Å². The van der Waals surface area contributed by atoms with E-state index in [1.165, 1.54) is 5.56 Å². The fraction of sp³-hybridized carbons (Fsp3) is 0.484. The number of pyridine rings is 1. The third kappa shape index (κ3) is 4.41. The van der Waals surface area contributed by atoms with E-state index < -0.39 is 0 Å². The molecule has 2 saturated heterocycles. The van der Waals surface area contributed by atoms with Crippen molar-refractivity contribution >= 4 is 17.6 Å². The van der Waals surface area contributed by atoms with E-state index in [0.717, 1.165) is 67.9 Å². The zero-order valence-corrected chi connectivity index (χ0v) is 23.0. The quantitative estimate of drug-likeness (QED) is 0.483. The van der Waals surface area contributed by atoms with Gasteiger partial charge in [-0.15, -0.1) is 0 Å². The zero-order valence-electron chi connectivity index (χ0n) is 23.0. The van der Waals surface area contributed by atoms with Crippen molar-refractivity contribution in [1.82, 2.24) is 24.6 Å². The Morgan fingerprint density at radius 1 is 0.950 bits per heavy atom. The van der Waals surface area contributed by atoms with Crippen LogP contribution in [0.15, 0.2) is 55.0 Å². The number of likely N-dealkylation sites (tertiary alicyclic amines) is 2. The number of aromatic nitrogens is 3. The molecule has 208 valence electrons. The minimum Gasteiger partial charge on any atom is -0.490 e. The van der Waals surface area contributed by atoms with Crippen molar-refractivity contribution in [2.24, 2.45) is 0 Å². The van der Waals surface area contributed by atoms with E-state index in [1.807, 2.05) is 51.2 Å². The van der Waals surface area contributed by atoms with Crippen molar-refractivity contribution in [1.29, 1.82) is 0 Å². The molecule has 3 amide bonds. The highest BCUT2D eigenvalue weighted by molar-refractivity contribution is 5.96. The van der Waals surface area contributed by atoms with Gasteiger partial charge in [0.15, 0.2) is 0 Å². The summed E-state index contributed by atoms with van der Waals surface area (Å²) in [6.45, 7) is 6.13. The van der Waals surface area contributed by atoms with Gasteiger partial charge in [-0.25, -0.2) is 4.79 Å². The average Bonchev–Trinajstić information content (AvgIpc) is 3.39. The van der Waals surface area contributed by atoms with Crippen LogP contribution in [0, 0.1) is 0 Å². The molecular weight excluding hydrogens is 504 g/mol.